The van der Waals surface area contributed by atoms with Crippen LogP contribution >= 0.6 is 0 Å². The maximum absolute atomic E-state index is 10.4. The molecule has 0 spiro atoms. The van der Waals surface area contributed by atoms with Crippen molar-refractivity contribution in [3.05, 3.63) is 11.6 Å². The van der Waals surface area contributed by atoms with Gasteiger partial charge in [-0.15, -0.1) is 0 Å². The third kappa shape index (κ3) is 7.11. The van der Waals surface area contributed by atoms with Crippen molar-refractivity contribution in [2.45, 2.75) is 33.2 Å². The number of rotatable bonds is 7. The highest BCUT2D eigenvalue weighted by atomic mass is 16.4. The van der Waals surface area contributed by atoms with Crippen LogP contribution in [-0.2, 0) is 4.79 Å². The maximum atomic E-state index is 10.4. The van der Waals surface area contributed by atoms with Crippen molar-refractivity contribution in [1.82, 2.24) is 5.32 Å². The largest absolute Gasteiger partial charge is 0.478 e. The third-order valence-corrected chi connectivity index (χ3v) is 2.26. The molecule has 88 valence electrons. The lowest BCUT2D eigenvalue weighted by Crippen LogP contribution is -2.35. The van der Waals surface area contributed by atoms with Crippen LogP contribution in [0.2, 0.25) is 0 Å². The van der Waals surface area contributed by atoms with E-state index in [1.54, 1.807) is 6.92 Å². The van der Waals surface area contributed by atoms with Crippen molar-refractivity contribution < 1.29 is 15.0 Å². The first-order chi connectivity index (χ1) is 6.97. The Morgan fingerprint density at radius 1 is 1.47 bits per heavy atom. The van der Waals surface area contributed by atoms with Crippen molar-refractivity contribution in [2.24, 2.45) is 5.92 Å². The summed E-state index contributed by atoms with van der Waals surface area (Å²) in [5.74, 6) is -0.493. The van der Waals surface area contributed by atoms with Gasteiger partial charge >= 0.3 is 5.97 Å². The summed E-state index contributed by atoms with van der Waals surface area (Å²) in [4.78, 5) is 10.4. The van der Waals surface area contributed by atoms with Gasteiger partial charge in [-0.3, -0.25) is 0 Å². The quantitative estimate of drug-likeness (QED) is 0.554. The fourth-order valence-corrected chi connectivity index (χ4v) is 1.36. The molecule has 0 radical (unpaired) electrons. The molecule has 0 saturated heterocycles. The Kier molecular flexibility index (Phi) is 6.99. The van der Waals surface area contributed by atoms with Gasteiger partial charge in [0.15, 0.2) is 0 Å². The van der Waals surface area contributed by atoms with Crippen LogP contribution in [0.4, 0.5) is 0 Å². The first-order valence-electron chi connectivity index (χ1n) is 5.21. The maximum Gasteiger partial charge on any atom is 0.328 e. The zero-order valence-corrected chi connectivity index (χ0v) is 9.66. The summed E-state index contributed by atoms with van der Waals surface area (Å²) in [5, 5.41) is 20.6. The minimum atomic E-state index is -0.919. The third-order valence-electron chi connectivity index (χ3n) is 2.26. The van der Waals surface area contributed by atoms with Gasteiger partial charge in [0.1, 0.15) is 0 Å². The Morgan fingerprint density at radius 3 is 2.47 bits per heavy atom. The standard InChI is InChI=1S/C11H21NO3/c1-8(2)10(4-5-13)12-7-9(3)6-11(14)15/h6,8,10,12-13H,4-5,7H2,1-3H3,(H,14,15). The SMILES string of the molecule is CC(=CC(=O)O)CNC(CCO)C(C)C. The van der Waals surface area contributed by atoms with Gasteiger partial charge in [0.25, 0.3) is 0 Å². The molecule has 0 amide bonds. The van der Waals surface area contributed by atoms with Gasteiger partial charge in [-0.05, 0) is 19.3 Å². The van der Waals surface area contributed by atoms with Crippen molar-refractivity contribution in [3.8, 4) is 0 Å². The first kappa shape index (κ1) is 14.1. The fraction of sp³-hybridized carbons (Fsp3) is 0.727. The Balaban J connectivity index is 4.04. The number of carboxylic acid groups (broad SMARTS) is 1. The van der Waals surface area contributed by atoms with Crippen LogP contribution in [0.3, 0.4) is 0 Å². The summed E-state index contributed by atoms with van der Waals surface area (Å²) in [6.45, 7) is 6.62. The van der Waals surface area contributed by atoms with Gasteiger partial charge in [0.2, 0.25) is 0 Å². The molecule has 1 unspecified atom stereocenters. The summed E-state index contributed by atoms with van der Waals surface area (Å²) in [7, 11) is 0. The highest BCUT2D eigenvalue weighted by molar-refractivity contribution is 5.80. The summed E-state index contributed by atoms with van der Waals surface area (Å²) in [5.41, 5.74) is 0.783. The van der Waals surface area contributed by atoms with E-state index in [2.05, 4.69) is 19.2 Å². The molecule has 0 aromatic heterocycles. The van der Waals surface area contributed by atoms with Crippen molar-refractivity contribution >= 4 is 5.97 Å². The molecule has 0 aromatic rings. The zero-order chi connectivity index (χ0) is 11.8. The number of nitrogens with one attached hydrogen (secondary N) is 1. The van der Waals surface area contributed by atoms with Crippen molar-refractivity contribution in [1.29, 1.82) is 0 Å². The molecule has 4 heteroatoms. The normalized spacial score (nSPS) is 14.3. The van der Waals surface area contributed by atoms with Crippen LogP contribution in [0.1, 0.15) is 27.2 Å². The molecule has 0 aromatic carbocycles. The van der Waals surface area contributed by atoms with E-state index >= 15 is 0 Å². The van der Waals surface area contributed by atoms with E-state index in [9.17, 15) is 4.79 Å². The minimum Gasteiger partial charge on any atom is -0.478 e. The highest BCUT2D eigenvalue weighted by Crippen LogP contribution is 2.06. The monoisotopic (exact) mass is 215 g/mol. The number of hydrogen-bond acceptors (Lipinski definition) is 3. The number of aliphatic hydroxyl groups excluding tert-OH is 1. The molecule has 0 aliphatic carbocycles. The molecule has 0 aliphatic heterocycles. The van der Waals surface area contributed by atoms with Gasteiger partial charge < -0.3 is 15.5 Å². The van der Waals surface area contributed by atoms with Gasteiger partial charge in [0, 0.05) is 25.3 Å². The molecule has 1 atom stereocenters. The molecule has 0 rings (SSSR count). The molecule has 15 heavy (non-hydrogen) atoms. The van der Waals surface area contributed by atoms with Crippen LogP contribution in [0.5, 0.6) is 0 Å². The Labute approximate surface area is 91.0 Å². The number of aliphatic carboxylic acids is 1. The number of hydrogen-bond donors (Lipinski definition) is 3. The first-order valence-corrected chi connectivity index (χ1v) is 5.21. The average Bonchev–Trinajstić information content (AvgIpc) is 2.10. The summed E-state index contributed by atoms with van der Waals surface area (Å²) >= 11 is 0. The fourth-order valence-electron chi connectivity index (χ4n) is 1.36. The molecule has 0 bridgehead atoms. The predicted molar refractivity (Wildman–Crippen MR) is 59.7 cm³/mol. The smallest absolute Gasteiger partial charge is 0.328 e. The van der Waals surface area contributed by atoms with E-state index in [-0.39, 0.29) is 12.6 Å². The molecule has 0 saturated carbocycles. The Bertz CT molecular complexity index is 224. The molecule has 3 N–H and O–H groups in total. The lowest BCUT2D eigenvalue weighted by Gasteiger charge is -2.21. The Morgan fingerprint density at radius 2 is 2.07 bits per heavy atom. The van der Waals surface area contributed by atoms with Crippen LogP contribution < -0.4 is 5.32 Å². The zero-order valence-electron chi connectivity index (χ0n) is 9.66. The lowest BCUT2D eigenvalue weighted by atomic mass is 10.0. The van der Waals surface area contributed by atoms with E-state index in [1.165, 1.54) is 6.08 Å². The number of carboxylic acids is 1. The van der Waals surface area contributed by atoms with E-state index in [1.807, 2.05) is 0 Å². The second kappa shape index (κ2) is 7.43. The highest BCUT2D eigenvalue weighted by Gasteiger charge is 2.11. The van der Waals surface area contributed by atoms with Crippen LogP contribution in [0.25, 0.3) is 0 Å². The summed E-state index contributed by atoms with van der Waals surface area (Å²) in [6, 6.07) is 0.229. The Hall–Kier alpha value is -0.870. The second-order valence-electron chi connectivity index (χ2n) is 4.07. The van der Waals surface area contributed by atoms with Crippen LogP contribution in [0.15, 0.2) is 11.6 Å². The molecule has 0 fully saturated rings. The molecule has 0 aliphatic rings. The minimum absolute atomic E-state index is 0.150. The van der Waals surface area contributed by atoms with Crippen molar-refractivity contribution in [3.63, 3.8) is 0 Å². The molecular weight excluding hydrogens is 194 g/mol. The van der Waals surface area contributed by atoms with Gasteiger partial charge in [-0.2, -0.15) is 0 Å². The molecule has 4 nitrogen and oxygen atoms in total. The predicted octanol–water partition coefficient (Wildman–Crippen LogP) is 1.01. The lowest BCUT2D eigenvalue weighted by molar-refractivity contribution is -0.131. The molecule has 0 heterocycles. The van der Waals surface area contributed by atoms with E-state index in [0.717, 1.165) is 5.57 Å². The molecular formula is C11H21NO3. The van der Waals surface area contributed by atoms with E-state index in [0.29, 0.717) is 18.9 Å². The summed E-state index contributed by atoms with van der Waals surface area (Å²) < 4.78 is 0. The summed E-state index contributed by atoms with van der Waals surface area (Å²) in [6.07, 6.45) is 1.89. The van der Waals surface area contributed by atoms with E-state index in [4.69, 9.17) is 10.2 Å². The topological polar surface area (TPSA) is 69.6 Å². The average molecular weight is 215 g/mol. The van der Waals surface area contributed by atoms with Crippen LogP contribution in [0, 0.1) is 5.92 Å². The van der Waals surface area contributed by atoms with Gasteiger partial charge in [-0.1, -0.05) is 19.4 Å². The number of aliphatic hydroxyl groups is 1. The second-order valence-corrected chi connectivity index (χ2v) is 4.07. The van der Waals surface area contributed by atoms with Crippen molar-refractivity contribution in [2.75, 3.05) is 13.2 Å². The van der Waals surface area contributed by atoms with E-state index < -0.39 is 5.97 Å². The van der Waals surface area contributed by atoms with Gasteiger partial charge in [0.05, 0.1) is 0 Å². The van der Waals surface area contributed by atoms with Crippen LogP contribution in [-0.4, -0.2) is 35.4 Å². The van der Waals surface area contributed by atoms with Gasteiger partial charge in [-0.25, -0.2) is 4.79 Å². The number of carbonyl (C=O) groups is 1.